The van der Waals surface area contributed by atoms with Crippen molar-refractivity contribution in [1.29, 1.82) is 0 Å². The van der Waals surface area contributed by atoms with E-state index >= 15 is 4.79 Å². The maximum Gasteiger partial charge on any atom is 0.416 e. The summed E-state index contributed by atoms with van der Waals surface area (Å²) < 4.78 is 242. The minimum Gasteiger partial charge on any atom is -0.383 e. The van der Waals surface area contributed by atoms with Gasteiger partial charge in [0.25, 0.3) is 0 Å². The molecule has 6 rings (SSSR count). The zero-order valence-electron chi connectivity index (χ0n) is 46.3. The normalized spacial score (nSPS) is 26.1. The standard InChI is InChI=1S/C41H40F5N3O3S/c1-27(28-10-12-29(13-11-28)30-14-16-32(17-15-30)41(44,45)46)49(33-18-20-47(21-19-33)22-23-52-2)38(51)25-48-36-9-4-3-7-34(36)37(50)24-39(48)53-26-31-6-5-8-35(42)40(31)43/h3-17,24,27,33H,18-23,25-26H2,1-2H3/i2D3,18D2,19D2,20D2,21D2,22D2,23D2,25D2,27D,33D. The van der Waals surface area contributed by atoms with Crippen molar-refractivity contribution in [1.82, 2.24) is 14.4 Å². The number of hydrogen-bond acceptors (Lipinski definition) is 5. The predicted molar refractivity (Wildman–Crippen MR) is 198 cm³/mol. The largest absolute Gasteiger partial charge is 0.416 e. The molecule has 1 atom stereocenters. The van der Waals surface area contributed by atoms with E-state index in [0.29, 0.717) is 23.3 Å². The number of ether oxygens (including phenoxy) is 1. The van der Waals surface area contributed by atoms with Gasteiger partial charge in [-0.1, -0.05) is 60.7 Å². The lowest BCUT2D eigenvalue weighted by Crippen LogP contribution is -2.49. The molecule has 1 aliphatic heterocycles. The Morgan fingerprint density at radius 1 is 1.04 bits per heavy atom. The summed E-state index contributed by atoms with van der Waals surface area (Å²) >= 11 is 0.442. The van der Waals surface area contributed by atoms with Crippen molar-refractivity contribution in [3.63, 3.8) is 0 Å². The van der Waals surface area contributed by atoms with Gasteiger partial charge in [-0.2, -0.15) is 13.2 Å². The number of likely N-dealkylation sites (tertiary alicyclic amines) is 1. The van der Waals surface area contributed by atoms with Gasteiger partial charge >= 0.3 is 6.18 Å². The molecule has 6 nitrogen and oxygen atoms in total. The smallest absolute Gasteiger partial charge is 0.383 e. The molecule has 12 heteroatoms. The van der Waals surface area contributed by atoms with Crippen LogP contribution in [-0.4, -0.2) is 59.4 Å². The Labute approximate surface area is 335 Å². The van der Waals surface area contributed by atoms with E-state index in [1.165, 1.54) is 18.2 Å². The van der Waals surface area contributed by atoms with Crippen LogP contribution in [-0.2, 0) is 28.0 Å². The van der Waals surface area contributed by atoms with Crippen molar-refractivity contribution in [3.8, 4) is 11.1 Å². The van der Waals surface area contributed by atoms with Gasteiger partial charge < -0.3 is 19.1 Å². The molecule has 53 heavy (non-hydrogen) atoms. The second kappa shape index (κ2) is 16.7. The Bertz CT molecular complexity index is 2930. The molecule has 5 aromatic rings. The number of aromatic nitrogens is 1. The van der Waals surface area contributed by atoms with E-state index in [1.807, 2.05) is 0 Å². The number of rotatable bonds is 12. The van der Waals surface area contributed by atoms with Crippen molar-refractivity contribution in [2.75, 3.05) is 33.1 Å². The lowest BCUT2D eigenvalue weighted by atomic mass is 9.96. The highest BCUT2D eigenvalue weighted by Gasteiger charge is 2.33. The van der Waals surface area contributed by atoms with E-state index in [2.05, 4.69) is 4.74 Å². The van der Waals surface area contributed by atoms with Gasteiger partial charge in [0.15, 0.2) is 17.1 Å². The number of hydrogen-bond donors (Lipinski definition) is 0. The first-order valence-electron chi connectivity index (χ1n) is 24.9. The van der Waals surface area contributed by atoms with Crippen LogP contribution < -0.4 is 5.43 Å². The number of nitrogens with zero attached hydrogens (tertiary/aromatic N) is 3. The van der Waals surface area contributed by atoms with Crippen LogP contribution in [0, 0.1) is 11.6 Å². The SMILES string of the molecule is [2H]C([2H])([2H])OC([2H])([2H])C([2H])([2H])N1C([2H])([2H])C([2H])([2H])C([2H])(N(C(=O)C([2H])([2H])n2c(SCc3cccc(F)c3F)cc(=O)c3ccccc32)C([2H])(C)c2ccc(-c3ccc(C(F)(F)F)cc3)cc2)C([2H])([2H])C1([2H])[2H]. The molecule has 1 aliphatic rings. The van der Waals surface area contributed by atoms with E-state index in [0.717, 1.165) is 78.9 Å². The third-order valence-electron chi connectivity index (χ3n) is 7.89. The topological polar surface area (TPSA) is 54.8 Å². The van der Waals surface area contributed by atoms with Crippen LogP contribution in [0.1, 0.15) is 68.4 Å². The quantitative estimate of drug-likeness (QED) is 0.0938. The molecule has 1 amide bonds. The molecule has 1 fully saturated rings. The zero-order valence-corrected chi connectivity index (χ0v) is 28.1. The minimum absolute atomic E-state index is 0.121. The molecule has 0 aliphatic carbocycles. The van der Waals surface area contributed by atoms with Gasteiger partial charge in [-0.15, -0.1) is 11.8 Å². The Morgan fingerprint density at radius 2 is 1.72 bits per heavy atom. The first-order valence-corrected chi connectivity index (χ1v) is 16.4. The Balaban J connectivity index is 1.65. The molecule has 0 saturated carbocycles. The van der Waals surface area contributed by atoms with Crippen molar-refractivity contribution in [2.45, 2.75) is 55.2 Å². The highest BCUT2D eigenvalue weighted by Crippen LogP contribution is 2.34. The summed E-state index contributed by atoms with van der Waals surface area (Å²) in [5.41, 5.74) is -3.01. The fourth-order valence-electron chi connectivity index (χ4n) is 5.25. The number of halogens is 5. The van der Waals surface area contributed by atoms with Gasteiger partial charge in [0, 0.05) is 69.0 Å². The maximum absolute atomic E-state index is 15.7. The molecule has 2 heterocycles. The predicted octanol–water partition coefficient (Wildman–Crippen LogP) is 8.96. The van der Waals surface area contributed by atoms with Crippen molar-refractivity contribution < 1.29 is 57.5 Å². The number of para-hydroxylation sites is 1. The van der Waals surface area contributed by atoms with Gasteiger partial charge in [-0.3, -0.25) is 9.59 Å². The van der Waals surface area contributed by atoms with E-state index < -0.39 is 131 Å². The molecule has 1 unspecified atom stereocenters. The third-order valence-corrected chi connectivity index (χ3v) is 8.94. The summed E-state index contributed by atoms with van der Waals surface area (Å²) in [6.45, 7) is -21.6. The average Bonchev–Trinajstić information content (AvgIpc) is 3.24. The van der Waals surface area contributed by atoms with Crippen LogP contribution >= 0.6 is 11.8 Å². The van der Waals surface area contributed by atoms with E-state index in [1.54, 1.807) is 0 Å². The van der Waals surface area contributed by atoms with Gasteiger partial charge in [-0.25, -0.2) is 8.78 Å². The van der Waals surface area contributed by atoms with Crippen LogP contribution in [0.15, 0.2) is 107 Å². The summed E-state index contributed by atoms with van der Waals surface area (Å²) in [6, 6.07) is 8.45. The summed E-state index contributed by atoms with van der Waals surface area (Å²) in [4.78, 5) is 27.8. The number of piperidine rings is 1. The van der Waals surface area contributed by atoms with Gasteiger partial charge in [-0.05, 0) is 66.7 Å². The van der Waals surface area contributed by atoms with E-state index in [4.69, 9.17) is 15.1 Å². The van der Waals surface area contributed by atoms with E-state index in [9.17, 15) is 37.7 Å². The molecule has 0 bridgehead atoms. The van der Waals surface area contributed by atoms with Gasteiger partial charge in [0.05, 0.1) is 41.0 Å². The lowest BCUT2D eigenvalue weighted by Gasteiger charge is -2.42. The number of benzene rings is 4. The molecule has 4 aromatic carbocycles. The molecular weight excluding hydrogens is 710 g/mol. The number of amides is 1. The van der Waals surface area contributed by atoms with Crippen molar-refractivity contribution >= 4 is 28.6 Å². The monoisotopic (exact) mass is 768 g/mol. The van der Waals surface area contributed by atoms with Crippen LogP contribution in [0.5, 0.6) is 0 Å². The van der Waals surface area contributed by atoms with Crippen LogP contribution in [0.3, 0.4) is 0 Å². The number of methoxy groups -OCH3 is 1. The fourth-order valence-corrected chi connectivity index (χ4v) is 6.24. The second-order valence-electron chi connectivity index (χ2n) is 11.2. The number of thioether (sulfide) groups is 1. The first kappa shape index (κ1) is 20.8. The van der Waals surface area contributed by atoms with Gasteiger partial charge in [0.2, 0.25) is 5.91 Å². The van der Waals surface area contributed by atoms with Crippen molar-refractivity contribution in [2.24, 2.45) is 0 Å². The van der Waals surface area contributed by atoms with Crippen LogP contribution in [0.2, 0.25) is 0 Å². The van der Waals surface area contributed by atoms with Gasteiger partial charge in [0.1, 0.15) is 6.50 Å². The molecular formula is C41H40F5N3O3S. The third kappa shape index (κ3) is 8.83. The summed E-state index contributed by atoms with van der Waals surface area (Å²) in [6.07, 6.45) is -14.2. The molecule has 0 N–H and O–H groups in total. The lowest BCUT2D eigenvalue weighted by molar-refractivity contribution is -0.138. The molecule has 0 spiro atoms. The highest BCUT2D eigenvalue weighted by molar-refractivity contribution is 7.98. The number of alkyl halides is 3. The number of fused-ring (bicyclic) bond motifs is 1. The van der Waals surface area contributed by atoms with Crippen LogP contribution in [0.4, 0.5) is 22.0 Å². The fraction of sp³-hybridized carbons (Fsp3) is 0.317. The number of carbonyl (C=O) groups excluding carboxylic acids is 1. The average molecular weight is 769 g/mol. The molecule has 0 radical (unpaired) electrons. The second-order valence-corrected chi connectivity index (χ2v) is 12.2. The van der Waals surface area contributed by atoms with Crippen molar-refractivity contribution in [3.05, 3.63) is 136 Å². The number of pyridine rings is 1. The summed E-state index contributed by atoms with van der Waals surface area (Å²) in [5.74, 6) is -5.58. The minimum atomic E-state index is -4.72. The number of carbonyl (C=O) groups is 1. The zero-order chi connectivity index (χ0) is 54.6. The highest BCUT2D eigenvalue weighted by atomic mass is 32.2. The molecule has 1 aromatic heterocycles. The van der Waals surface area contributed by atoms with Crippen LogP contribution in [0.25, 0.3) is 22.0 Å². The Hall–Kier alpha value is -4.52. The Kier molecular flexibility index (Phi) is 6.54. The molecule has 278 valence electrons. The van der Waals surface area contributed by atoms with E-state index in [-0.39, 0.29) is 22.1 Å². The Morgan fingerprint density at radius 3 is 2.40 bits per heavy atom. The maximum atomic E-state index is 15.7. The first-order chi connectivity index (χ1) is 32.6. The molecule has 1 saturated heterocycles. The summed E-state index contributed by atoms with van der Waals surface area (Å²) in [7, 11) is -3.86. The summed E-state index contributed by atoms with van der Waals surface area (Å²) in [5, 5.41) is -0.888.